The highest BCUT2D eigenvalue weighted by atomic mass is 19.4. The quantitative estimate of drug-likeness (QED) is 0.112. The Morgan fingerprint density at radius 3 is 2.08 bits per heavy atom. The predicted molar refractivity (Wildman–Crippen MR) is 168 cm³/mol. The van der Waals surface area contributed by atoms with Crippen LogP contribution < -0.4 is 14.4 Å². The van der Waals surface area contributed by atoms with Crippen LogP contribution in [0, 0.1) is 6.92 Å². The molecule has 0 amide bonds. The number of carboxylic acids is 1. The highest BCUT2D eigenvalue weighted by Crippen LogP contribution is 2.39. The maximum Gasteiger partial charge on any atom is 0.416 e. The minimum Gasteiger partial charge on any atom is -0.496 e. The van der Waals surface area contributed by atoms with Crippen LogP contribution in [0.15, 0.2) is 67.0 Å². The molecule has 7 nitrogen and oxygen atoms in total. The number of aromatic nitrogens is 2. The Bertz CT molecular complexity index is 1690. The standard InChI is InChI=1S/C35H35F6N3O4/c1-21(2)24-9-10-31(47-4)30(15-24)29-12-22(3)7-8-25(29)20-44(33-42-17-28(18-43-33)48-11-5-6-32(45)46)19-23-13-26(34(36,37)38)16-27(14-23)35(39,40)41/h7-10,12-18,21H,5-6,11,19-20H2,1-4H3,(H,45,46). The maximum absolute atomic E-state index is 13.7. The number of hydrogen-bond acceptors (Lipinski definition) is 6. The van der Waals surface area contributed by atoms with Crippen molar-refractivity contribution in [1.29, 1.82) is 0 Å². The molecule has 0 unspecified atom stereocenters. The number of ether oxygens (including phenoxy) is 2. The first kappa shape index (κ1) is 36.0. The molecule has 0 aliphatic heterocycles. The van der Waals surface area contributed by atoms with Crippen molar-refractivity contribution in [3.63, 3.8) is 0 Å². The number of aryl methyl sites for hydroxylation is 1. The van der Waals surface area contributed by atoms with Gasteiger partial charge in [-0.3, -0.25) is 4.79 Å². The summed E-state index contributed by atoms with van der Waals surface area (Å²) in [5.74, 6) is 0.0442. The average Bonchev–Trinajstić information content (AvgIpc) is 3.02. The lowest BCUT2D eigenvalue weighted by Crippen LogP contribution is -2.25. The van der Waals surface area contributed by atoms with E-state index in [0.717, 1.165) is 22.3 Å². The van der Waals surface area contributed by atoms with Gasteiger partial charge >= 0.3 is 18.3 Å². The van der Waals surface area contributed by atoms with Crippen molar-refractivity contribution in [3.8, 4) is 22.6 Å². The summed E-state index contributed by atoms with van der Waals surface area (Å²) in [5.41, 5.74) is 1.09. The second-order valence-corrected chi connectivity index (χ2v) is 11.6. The number of carbonyl (C=O) groups is 1. The van der Waals surface area contributed by atoms with Crippen LogP contribution in [0.5, 0.6) is 11.5 Å². The molecule has 1 aromatic heterocycles. The minimum absolute atomic E-state index is 0.00108. The zero-order valence-corrected chi connectivity index (χ0v) is 26.7. The van der Waals surface area contributed by atoms with Gasteiger partial charge in [-0.15, -0.1) is 0 Å². The molecular weight excluding hydrogens is 640 g/mol. The molecule has 0 atom stereocenters. The molecule has 0 aliphatic carbocycles. The van der Waals surface area contributed by atoms with E-state index in [4.69, 9.17) is 14.6 Å². The van der Waals surface area contributed by atoms with Crippen molar-refractivity contribution in [3.05, 3.63) is 100 Å². The van der Waals surface area contributed by atoms with E-state index in [0.29, 0.717) is 23.4 Å². The van der Waals surface area contributed by atoms with E-state index in [9.17, 15) is 31.1 Å². The zero-order valence-electron chi connectivity index (χ0n) is 26.7. The third-order valence-corrected chi connectivity index (χ3v) is 7.53. The summed E-state index contributed by atoms with van der Waals surface area (Å²) in [4.78, 5) is 20.9. The van der Waals surface area contributed by atoms with Gasteiger partial charge in [-0.2, -0.15) is 26.3 Å². The van der Waals surface area contributed by atoms with E-state index in [1.54, 1.807) is 7.11 Å². The summed E-state index contributed by atoms with van der Waals surface area (Å²) < 4.78 is 93.6. The first-order chi connectivity index (χ1) is 22.5. The highest BCUT2D eigenvalue weighted by Gasteiger charge is 2.37. The smallest absolute Gasteiger partial charge is 0.416 e. The van der Waals surface area contributed by atoms with E-state index in [-0.39, 0.29) is 55.2 Å². The molecule has 0 saturated carbocycles. The van der Waals surface area contributed by atoms with Crippen molar-refractivity contribution >= 4 is 11.9 Å². The number of methoxy groups -OCH3 is 1. The van der Waals surface area contributed by atoms with Gasteiger partial charge < -0.3 is 19.5 Å². The number of halogens is 6. The lowest BCUT2D eigenvalue weighted by atomic mass is 9.92. The Hall–Kier alpha value is -4.81. The Balaban J connectivity index is 1.80. The van der Waals surface area contributed by atoms with E-state index in [2.05, 4.69) is 9.97 Å². The summed E-state index contributed by atoms with van der Waals surface area (Å²) in [6, 6.07) is 12.9. The molecule has 0 aliphatic rings. The van der Waals surface area contributed by atoms with Crippen LogP contribution in [0.3, 0.4) is 0 Å². The van der Waals surface area contributed by atoms with Crippen molar-refractivity contribution < 1.29 is 45.7 Å². The number of nitrogens with zero attached hydrogens (tertiary/aromatic N) is 3. The SMILES string of the molecule is COc1ccc(C(C)C)cc1-c1cc(C)ccc1CN(Cc1cc(C(F)(F)F)cc(C(F)(F)F)c1)c1ncc(OCCCC(=O)O)cn1. The molecule has 1 heterocycles. The van der Waals surface area contributed by atoms with Crippen LogP contribution in [0.1, 0.15) is 66.0 Å². The van der Waals surface area contributed by atoms with Crippen LogP contribution in [-0.2, 0) is 30.2 Å². The van der Waals surface area contributed by atoms with Crippen molar-refractivity contribution in [2.24, 2.45) is 0 Å². The number of benzene rings is 3. The molecule has 0 saturated heterocycles. The van der Waals surface area contributed by atoms with Crippen molar-refractivity contribution in [1.82, 2.24) is 9.97 Å². The molecule has 48 heavy (non-hydrogen) atoms. The normalized spacial score (nSPS) is 11.9. The van der Waals surface area contributed by atoms with Gasteiger partial charge in [-0.1, -0.05) is 43.7 Å². The van der Waals surface area contributed by atoms with Gasteiger partial charge in [0, 0.05) is 25.1 Å². The molecule has 0 bridgehead atoms. The molecule has 3 aromatic carbocycles. The lowest BCUT2D eigenvalue weighted by Gasteiger charge is -2.26. The van der Waals surface area contributed by atoms with Gasteiger partial charge in [0.15, 0.2) is 5.75 Å². The zero-order chi connectivity index (χ0) is 35.2. The molecule has 0 fully saturated rings. The molecule has 13 heteroatoms. The average molecular weight is 676 g/mol. The molecule has 4 rings (SSSR count). The molecule has 0 spiro atoms. The second kappa shape index (κ2) is 15.0. The summed E-state index contributed by atoms with van der Waals surface area (Å²) in [6.07, 6.45) is -7.27. The van der Waals surface area contributed by atoms with Crippen LogP contribution >= 0.6 is 0 Å². The van der Waals surface area contributed by atoms with Gasteiger partial charge in [0.05, 0.1) is 37.2 Å². The van der Waals surface area contributed by atoms with Crippen LogP contribution in [0.2, 0.25) is 0 Å². The second-order valence-electron chi connectivity index (χ2n) is 11.6. The first-order valence-corrected chi connectivity index (χ1v) is 15.0. The highest BCUT2D eigenvalue weighted by molar-refractivity contribution is 5.75. The third kappa shape index (κ3) is 9.39. The molecular formula is C35H35F6N3O4. The van der Waals surface area contributed by atoms with Gasteiger partial charge in [0.2, 0.25) is 5.95 Å². The van der Waals surface area contributed by atoms with E-state index in [1.807, 2.05) is 57.2 Å². The minimum atomic E-state index is -5.01. The van der Waals surface area contributed by atoms with Crippen LogP contribution in [-0.4, -0.2) is 34.8 Å². The fraction of sp³-hybridized carbons (Fsp3) is 0.343. The number of carboxylic acid groups (broad SMARTS) is 1. The number of hydrogen-bond donors (Lipinski definition) is 1. The Labute approximate surface area is 274 Å². The topological polar surface area (TPSA) is 84.8 Å². The van der Waals surface area contributed by atoms with Gasteiger partial charge in [-0.05, 0) is 71.8 Å². The molecule has 0 radical (unpaired) electrons. The van der Waals surface area contributed by atoms with E-state index < -0.39 is 36.0 Å². The summed E-state index contributed by atoms with van der Waals surface area (Å²) in [7, 11) is 1.54. The maximum atomic E-state index is 13.7. The molecule has 4 aromatic rings. The summed E-state index contributed by atoms with van der Waals surface area (Å²) in [5, 5.41) is 8.83. The fourth-order valence-corrected chi connectivity index (χ4v) is 5.07. The number of alkyl halides is 6. The summed E-state index contributed by atoms with van der Waals surface area (Å²) >= 11 is 0. The first-order valence-electron chi connectivity index (χ1n) is 15.0. The lowest BCUT2D eigenvalue weighted by molar-refractivity contribution is -0.143. The fourth-order valence-electron chi connectivity index (χ4n) is 5.07. The monoisotopic (exact) mass is 675 g/mol. The largest absolute Gasteiger partial charge is 0.496 e. The van der Waals surface area contributed by atoms with Crippen LogP contribution in [0.25, 0.3) is 11.1 Å². The van der Waals surface area contributed by atoms with Crippen molar-refractivity contribution in [2.75, 3.05) is 18.6 Å². The van der Waals surface area contributed by atoms with Crippen molar-refractivity contribution in [2.45, 2.75) is 65.0 Å². The van der Waals surface area contributed by atoms with Gasteiger partial charge in [0.25, 0.3) is 0 Å². The van der Waals surface area contributed by atoms with E-state index >= 15 is 0 Å². The molecule has 1 N–H and O–H groups in total. The Morgan fingerprint density at radius 1 is 0.875 bits per heavy atom. The number of aliphatic carboxylic acids is 1. The number of anilines is 1. The van der Waals surface area contributed by atoms with Crippen LogP contribution in [0.4, 0.5) is 32.3 Å². The third-order valence-electron chi connectivity index (χ3n) is 7.53. The Kier molecular flexibility index (Phi) is 11.2. The predicted octanol–water partition coefficient (Wildman–Crippen LogP) is 9.07. The molecule has 256 valence electrons. The van der Waals surface area contributed by atoms with Gasteiger partial charge in [0.1, 0.15) is 5.75 Å². The van der Waals surface area contributed by atoms with Gasteiger partial charge in [-0.25, -0.2) is 9.97 Å². The van der Waals surface area contributed by atoms with E-state index in [1.165, 1.54) is 17.3 Å². The summed E-state index contributed by atoms with van der Waals surface area (Å²) in [6.45, 7) is 5.68. The Morgan fingerprint density at radius 2 is 1.52 bits per heavy atom. The number of rotatable bonds is 13.